The van der Waals surface area contributed by atoms with Crippen LogP contribution in [0.15, 0.2) is 102 Å². The second-order valence-corrected chi connectivity index (χ2v) is 7.77. The van der Waals surface area contributed by atoms with Crippen LogP contribution in [0.5, 0.6) is 0 Å². The zero-order chi connectivity index (χ0) is 21.1. The van der Waals surface area contributed by atoms with E-state index < -0.39 is 0 Å². The molecule has 0 aliphatic carbocycles. The topological polar surface area (TPSA) is 56.7 Å². The summed E-state index contributed by atoms with van der Waals surface area (Å²) < 4.78 is 8.43. The van der Waals surface area contributed by atoms with Gasteiger partial charge in [-0.05, 0) is 36.4 Å². The summed E-state index contributed by atoms with van der Waals surface area (Å²) in [4.78, 5) is 14.3. The number of para-hydroxylation sites is 2. The SMILES string of the molecule is c1ccc(-c2nc3ccc4c(c5ccccc5n4-c4ncc5ccccc5n4)c3o2)cc1. The number of rotatable bonds is 2. The van der Waals surface area contributed by atoms with Gasteiger partial charge in [0.1, 0.15) is 5.52 Å². The van der Waals surface area contributed by atoms with E-state index in [0.717, 1.165) is 49.4 Å². The van der Waals surface area contributed by atoms with Gasteiger partial charge in [-0.2, -0.15) is 0 Å². The van der Waals surface area contributed by atoms with Crippen molar-refractivity contribution < 1.29 is 4.42 Å². The fourth-order valence-electron chi connectivity index (χ4n) is 4.43. The van der Waals surface area contributed by atoms with E-state index in [1.165, 1.54) is 0 Å². The fourth-order valence-corrected chi connectivity index (χ4v) is 4.43. The van der Waals surface area contributed by atoms with Crippen LogP contribution in [0.2, 0.25) is 0 Å². The van der Waals surface area contributed by atoms with Crippen molar-refractivity contribution in [2.45, 2.75) is 0 Å². The van der Waals surface area contributed by atoms with Gasteiger partial charge >= 0.3 is 0 Å². The lowest BCUT2D eigenvalue weighted by molar-refractivity contribution is 0.623. The molecule has 0 fully saturated rings. The van der Waals surface area contributed by atoms with Crippen LogP contribution in [0.4, 0.5) is 0 Å². The van der Waals surface area contributed by atoms with Crippen LogP contribution >= 0.6 is 0 Å². The van der Waals surface area contributed by atoms with Gasteiger partial charge in [0, 0.05) is 22.5 Å². The summed E-state index contributed by atoms with van der Waals surface area (Å²) in [6.45, 7) is 0. The van der Waals surface area contributed by atoms with E-state index in [0.29, 0.717) is 11.8 Å². The average Bonchev–Trinajstić information content (AvgIpc) is 3.43. The monoisotopic (exact) mass is 412 g/mol. The molecule has 7 rings (SSSR count). The van der Waals surface area contributed by atoms with E-state index in [-0.39, 0.29) is 0 Å². The molecule has 0 spiro atoms. The molecule has 7 aromatic rings. The third kappa shape index (κ3) is 2.42. The quantitative estimate of drug-likeness (QED) is 0.324. The Bertz CT molecular complexity index is 1780. The van der Waals surface area contributed by atoms with Crippen LogP contribution in [0.3, 0.4) is 0 Å². The fraction of sp³-hybridized carbons (Fsp3) is 0. The lowest BCUT2D eigenvalue weighted by Gasteiger charge is -2.06. The Morgan fingerprint density at radius 2 is 1.47 bits per heavy atom. The maximum absolute atomic E-state index is 6.33. The summed E-state index contributed by atoms with van der Waals surface area (Å²) in [6.07, 6.45) is 1.87. The van der Waals surface area contributed by atoms with Gasteiger partial charge in [-0.1, -0.05) is 54.6 Å². The molecule has 0 N–H and O–H groups in total. The normalized spacial score (nSPS) is 11.8. The Kier molecular flexibility index (Phi) is 3.49. The van der Waals surface area contributed by atoms with E-state index in [1.54, 1.807) is 0 Å². The lowest BCUT2D eigenvalue weighted by Crippen LogP contribution is -2.00. The van der Waals surface area contributed by atoms with E-state index >= 15 is 0 Å². The number of nitrogens with zero attached hydrogens (tertiary/aromatic N) is 4. The first-order valence-corrected chi connectivity index (χ1v) is 10.5. The third-order valence-corrected chi connectivity index (χ3v) is 5.89. The number of oxazole rings is 1. The Labute approximate surface area is 182 Å². The molecule has 0 bridgehead atoms. The van der Waals surface area contributed by atoms with Gasteiger partial charge in [0.15, 0.2) is 5.58 Å². The summed E-state index contributed by atoms with van der Waals surface area (Å²) in [5.41, 5.74) is 5.50. The van der Waals surface area contributed by atoms with Crippen molar-refractivity contribution in [1.82, 2.24) is 19.5 Å². The highest BCUT2D eigenvalue weighted by Crippen LogP contribution is 2.37. The number of hydrogen-bond donors (Lipinski definition) is 0. The summed E-state index contributed by atoms with van der Waals surface area (Å²) in [5.74, 6) is 1.25. The molecule has 0 amide bonds. The van der Waals surface area contributed by atoms with Gasteiger partial charge < -0.3 is 4.42 Å². The molecular weight excluding hydrogens is 396 g/mol. The molecule has 3 aromatic heterocycles. The summed E-state index contributed by atoms with van der Waals surface area (Å²) in [5, 5.41) is 3.12. The summed E-state index contributed by atoms with van der Waals surface area (Å²) in [7, 11) is 0. The zero-order valence-electron chi connectivity index (χ0n) is 16.9. The molecular formula is C27H16N4O. The molecule has 0 radical (unpaired) electrons. The van der Waals surface area contributed by atoms with Gasteiger partial charge in [0.05, 0.1) is 21.9 Å². The molecule has 0 aliphatic heterocycles. The number of fused-ring (bicyclic) bond motifs is 6. The van der Waals surface area contributed by atoms with Crippen molar-refractivity contribution >= 4 is 43.8 Å². The van der Waals surface area contributed by atoms with E-state index in [4.69, 9.17) is 14.4 Å². The highest BCUT2D eigenvalue weighted by molar-refractivity contribution is 6.19. The van der Waals surface area contributed by atoms with Crippen molar-refractivity contribution in [3.8, 4) is 17.4 Å². The molecule has 3 heterocycles. The molecule has 0 saturated carbocycles. The molecule has 150 valence electrons. The second-order valence-electron chi connectivity index (χ2n) is 7.77. The van der Waals surface area contributed by atoms with Crippen molar-refractivity contribution in [1.29, 1.82) is 0 Å². The summed E-state index contributed by atoms with van der Waals surface area (Å²) >= 11 is 0. The summed E-state index contributed by atoms with van der Waals surface area (Å²) in [6, 6.07) is 30.4. The van der Waals surface area contributed by atoms with Crippen molar-refractivity contribution in [3.63, 3.8) is 0 Å². The van der Waals surface area contributed by atoms with Crippen molar-refractivity contribution in [3.05, 3.63) is 97.2 Å². The molecule has 0 atom stereocenters. The molecule has 32 heavy (non-hydrogen) atoms. The smallest absolute Gasteiger partial charge is 0.235 e. The number of benzene rings is 4. The first kappa shape index (κ1) is 17.2. The molecule has 0 saturated heterocycles. The highest BCUT2D eigenvalue weighted by Gasteiger charge is 2.19. The van der Waals surface area contributed by atoms with Gasteiger partial charge in [-0.15, -0.1) is 0 Å². The standard InChI is InChI=1S/C27H16N4O/c1-2-8-17(9-3-1)26-29-21-14-15-23-24(25(21)32-26)19-11-5-7-13-22(19)31(23)27-28-16-18-10-4-6-12-20(18)30-27/h1-16H. The average molecular weight is 412 g/mol. The molecule has 0 unspecified atom stereocenters. The lowest BCUT2D eigenvalue weighted by atomic mass is 10.1. The Morgan fingerprint density at radius 1 is 0.656 bits per heavy atom. The first-order valence-electron chi connectivity index (χ1n) is 10.5. The van der Waals surface area contributed by atoms with Gasteiger partial charge in [-0.3, -0.25) is 4.57 Å². The Morgan fingerprint density at radius 3 is 2.41 bits per heavy atom. The highest BCUT2D eigenvalue weighted by atomic mass is 16.3. The van der Waals surface area contributed by atoms with Crippen LogP contribution in [0.25, 0.3) is 61.2 Å². The van der Waals surface area contributed by atoms with Crippen molar-refractivity contribution in [2.75, 3.05) is 0 Å². The van der Waals surface area contributed by atoms with E-state index in [9.17, 15) is 0 Å². The molecule has 0 aliphatic rings. The van der Waals surface area contributed by atoms with Gasteiger partial charge in [0.25, 0.3) is 0 Å². The molecule has 5 heteroatoms. The van der Waals surface area contributed by atoms with Crippen LogP contribution in [-0.2, 0) is 0 Å². The third-order valence-electron chi connectivity index (χ3n) is 5.89. The largest absolute Gasteiger partial charge is 0.435 e. The van der Waals surface area contributed by atoms with E-state index in [2.05, 4.69) is 27.8 Å². The zero-order valence-corrected chi connectivity index (χ0v) is 16.9. The van der Waals surface area contributed by atoms with Crippen LogP contribution in [0.1, 0.15) is 0 Å². The van der Waals surface area contributed by atoms with E-state index in [1.807, 2.05) is 79.0 Å². The predicted molar refractivity (Wildman–Crippen MR) is 127 cm³/mol. The molecule has 5 nitrogen and oxygen atoms in total. The van der Waals surface area contributed by atoms with Crippen LogP contribution in [0, 0.1) is 0 Å². The number of hydrogen-bond acceptors (Lipinski definition) is 4. The minimum absolute atomic E-state index is 0.617. The van der Waals surface area contributed by atoms with Gasteiger partial charge in [0.2, 0.25) is 11.8 Å². The first-order chi connectivity index (χ1) is 15.9. The molecule has 4 aromatic carbocycles. The minimum Gasteiger partial charge on any atom is -0.435 e. The van der Waals surface area contributed by atoms with Crippen molar-refractivity contribution in [2.24, 2.45) is 0 Å². The Hall–Kier alpha value is -4.51. The maximum Gasteiger partial charge on any atom is 0.235 e. The minimum atomic E-state index is 0.617. The Balaban J connectivity index is 1.57. The maximum atomic E-state index is 6.33. The second kappa shape index (κ2) is 6.49. The predicted octanol–water partition coefficient (Wildman–Crippen LogP) is 6.54. The van der Waals surface area contributed by atoms with Crippen LogP contribution < -0.4 is 0 Å². The van der Waals surface area contributed by atoms with Gasteiger partial charge in [-0.25, -0.2) is 15.0 Å². The van der Waals surface area contributed by atoms with Crippen LogP contribution in [-0.4, -0.2) is 19.5 Å². The number of aromatic nitrogens is 4.